The van der Waals surface area contributed by atoms with Crippen LogP contribution >= 0.6 is 11.6 Å². The van der Waals surface area contributed by atoms with Crippen LogP contribution in [0, 0.1) is 0 Å². The van der Waals surface area contributed by atoms with Gasteiger partial charge in [-0.2, -0.15) is 0 Å². The van der Waals surface area contributed by atoms with E-state index < -0.39 is 0 Å². The summed E-state index contributed by atoms with van der Waals surface area (Å²) in [7, 11) is 0. The molecule has 0 radical (unpaired) electrons. The Labute approximate surface area is 141 Å². The summed E-state index contributed by atoms with van der Waals surface area (Å²) in [5.41, 5.74) is 0.133. The average molecular weight is 340 g/mol. The highest BCUT2D eigenvalue weighted by atomic mass is 35.5. The molecule has 6 nitrogen and oxygen atoms in total. The fraction of sp³-hybridized carbons (Fsp3) is 0.438. The summed E-state index contributed by atoms with van der Waals surface area (Å²) in [5, 5.41) is 8.43. The molecule has 3 amide bonds. The minimum Gasteiger partial charge on any atom is -0.352 e. The normalized spacial score (nSPS) is 10.8. The van der Waals surface area contributed by atoms with Gasteiger partial charge in [-0.3, -0.25) is 14.4 Å². The molecular weight excluding hydrogens is 318 g/mol. The summed E-state index contributed by atoms with van der Waals surface area (Å²) in [6.45, 7) is 5.69. The SMILES string of the molecule is CC(C)(C)NC(=O)CNC(=O)CCNC(=O)c1ccc(Cl)cc1. The molecule has 0 heterocycles. The summed E-state index contributed by atoms with van der Waals surface area (Å²) in [4.78, 5) is 35.0. The third kappa shape index (κ3) is 8.21. The number of rotatable bonds is 6. The van der Waals surface area contributed by atoms with Gasteiger partial charge in [0.25, 0.3) is 5.91 Å². The van der Waals surface area contributed by atoms with Crippen molar-refractivity contribution in [1.82, 2.24) is 16.0 Å². The molecule has 0 fully saturated rings. The highest BCUT2D eigenvalue weighted by Gasteiger charge is 2.14. The predicted molar refractivity (Wildman–Crippen MR) is 89.3 cm³/mol. The van der Waals surface area contributed by atoms with E-state index in [0.29, 0.717) is 10.6 Å². The fourth-order valence-electron chi connectivity index (χ4n) is 1.72. The van der Waals surface area contributed by atoms with Crippen LogP contribution < -0.4 is 16.0 Å². The summed E-state index contributed by atoms with van der Waals surface area (Å²) in [6, 6.07) is 6.46. The number of nitrogens with one attached hydrogen (secondary N) is 3. The second kappa shape index (κ2) is 8.53. The zero-order chi connectivity index (χ0) is 17.5. The Morgan fingerprint density at radius 3 is 2.17 bits per heavy atom. The molecule has 0 atom stereocenters. The molecular formula is C16H22ClN3O3. The van der Waals surface area contributed by atoms with Crippen molar-refractivity contribution in [3.8, 4) is 0 Å². The first kappa shape index (κ1) is 19.0. The maximum Gasteiger partial charge on any atom is 0.251 e. The van der Waals surface area contributed by atoms with E-state index in [9.17, 15) is 14.4 Å². The van der Waals surface area contributed by atoms with Crippen LogP contribution in [0.15, 0.2) is 24.3 Å². The van der Waals surface area contributed by atoms with Gasteiger partial charge in [-0.05, 0) is 45.0 Å². The Balaban J connectivity index is 2.25. The van der Waals surface area contributed by atoms with Crippen LogP contribution in [-0.4, -0.2) is 36.3 Å². The Bertz CT molecular complexity index is 565. The van der Waals surface area contributed by atoms with Crippen LogP contribution in [0.25, 0.3) is 0 Å². The summed E-state index contributed by atoms with van der Waals surface area (Å²) < 4.78 is 0. The molecule has 1 aromatic rings. The van der Waals surface area contributed by atoms with Crippen LogP contribution in [-0.2, 0) is 9.59 Å². The van der Waals surface area contributed by atoms with Gasteiger partial charge in [0.05, 0.1) is 6.54 Å². The van der Waals surface area contributed by atoms with Gasteiger partial charge in [-0.1, -0.05) is 11.6 Å². The highest BCUT2D eigenvalue weighted by molar-refractivity contribution is 6.30. The molecule has 3 N–H and O–H groups in total. The van der Waals surface area contributed by atoms with Crippen molar-refractivity contribution in [2.24, 2.45) is 0 Å². The molecule has 0 aliphatic carbocycles. The average Bonchev–Trinajstić information content (AvgIpc) is 2.44. The van der Waals surface area contributed by atoms with E-state index in [1.807, 2.05) is 20.8 Å². The van der Waals surface area contributed by atoms with Gasteiger partial charge in [0.15, 0.2) is 0 Å². The Hall–Kier alpha value is -2.08. The maximum absolute atomic E-state index is 11.8. The standard InChI is InChI=1S/C16H22ClN3O3/c1-16(2,3)20-14(22)10-19-13(21)8-9-18-15(23)11-4-6-12(17)7-5-11/h4-7H,8-10H2,1-3H3,(H,18,23)(H,19,21)(H,20,22). The maximum atomic E-state index is 11.8. The number of hydrogen-bond donors (Lipinski definition) is 3. The Kier molecular flexibility index (Phi) is 7.03. The summed E-state index contributed by atoms with van der Waals surface area (Å²) in [6.07, 6.45) is 0.0993. The molecule has 0 spiro atoms. The van der Waals surface area contributed by atoms with Gasteiger partial charge < -0.3 is 16.0 Å². The van der Waals surface area contributed by atoms with Crippen molar-refractivity contribution in [1.29, 1.82) is 0 Å². The second-order valence-corrected chi connectivity index (χ2v) is 6.52. The first-order valence-corrected chi connectivity index (χ1v) is 7.66. The minimum atomic E-state index is -0.339. The zero-order valence-electron chi connectivity index (χ0n) is 13.5. The molecule has 0 bridgehead atoms. The lowest BCUT2D eigenvalue weighted by molar-refractivity contribution is -0.126. The lowest BCUT2D eigenvalue weighted by atomic mass is 10.1. The van der Waals surface area contributed by atoms with E-state index in [1.54, 1.807) is 24.3 Å². The largest absolute Gasteiger partial charge is 0.352 e. The number of halogens is 1. The number of amides is 3. The van der Waals surface area contributed by atoms with Crippen molar-refractivity contribution in [3.63, 3.8) is 0 Å². The van der Waals surface area contributed by atoms with Crippen LogP contribution in [0.2, 0.25) is 5.02 Å². The Morgan fingerprint density at radius 2 is 1.61 bits per heavy atom. The lowest BCUT2D eigenvalue weighted by Crippen LogP contribution is -2.46. The molecule has 0 aliphatic heterocycles. The highest BCUT2D eigenvalue weighted by Crippen LogP contribution is 2.09. The molecule has 1 aromatic carbocycles. The molecule has 23 heavy (non-hydrogen) atoms. The van der Waals surface area contributed by atoms with E-state index in [2.05, 4.69) is 16.0 Å². The monoisotopic (exact) mass is 339 g/mol. The van der Waals surface area contributed by atoms with Crippen molar-refractivity contribution >= 4 is 29.3 Å². The lowest BCUT2D eigenvalue weighted by Gasteiger charge is -2.20. The van der Waals surface area contributed by atoms with E-state index >= 15 is 0 Å². The number of hydrogen-bond acceptors (Lipinski definition) is 3. The van der Waals surface area contributed by atoms with E-state index in [4.69, 9.17) is 11.6 Å². The molecule has 0 aromatic heterocycles. The third-order valence-electron chi connectivity index (χ3n) is 2.70. The third-order valence-corrected chi connectivity index (χ3v) is 2.96. The van der Waals surface area contributed by atoms with Crippen molar-refractivity contribution < 1.29 is 14.4 Å². The molecule has 0 saturated carbocycles. The second-order valence-electron chi connectivity index (χ2n) is 6.09. The smallest absolute Gasteiger partial charge is 0.251 e. The van der Waals surface area contributed by atoms with Crippen molar-refractivity contribution in [2.75, 3.05) is 13.1 Å². The zero-order valence-corrected chi connectivity index (χ0v) is 14.3. The van der Waals surface area contributed by atoms with E-state index in [-0.39, 0.29) is 42.8 Å². The first-order valence-electron chi connectivity index (χ1n) is 7.29. The quantitative estimate of drug-likeness (QED) is 0.733. The van der Waals surface area contributed by atoms with Crippen LogP contribution in [0.3, 0.4) is 0 Å². The van der Waals surface area contributed by atoms with Gasteiger partial charge in [-0.25, -0.2) is 0 Å². The number of carbonyl (C=O) groups excluding carboxylic acids is 3. The molecule has 0 saturated heterocycles. The summed E-state index contributed by atoms with van der Waals surface area (Å²) in [5.74, 6) is -0.832. The molecule has 0 unspecified atom stereocenters. The fourth-order valence-corrected chi connectivity index (χ4v) is 1.85. The molecule has 0 aliphatic rings. The van der Waals surface area contributed by atoms with Crippen LogP contribution in [0.1, 0.15) is 37.6 Å². The number of carbonyl (C=O) groups is 3. The van der Waals surface area contributed by atoms with Crippen LogP contribution in [0.5, 0.6) is 0 Å². The van der Waals surface area contributed by atoms with E-state index in [0.717, 1.165) is 0 Å². The minimum absolute atomic E-state index is 0.0821. The van der Waals surface area contributed by atoms with Crippen molar-refractivity contribution in [2.45, 2.75) is 32.7 Å². The van der Waals surface area contributed by atoms with E-state index in [1.165, 1.54) is 0 Å². The van der Waals surface area contributed by atoms with Gasteiger partial charge in [0.1, 0.15) is 0 Å². The number of benzene rings is 1. The molecule has 126 valence electrons. The van der Waals surface area contributed by atoms with Gasteiger partial charge >= 0.3 is 0 Å². The molecule has 7 heteroatoms. The van der Waals surface area contributed by atoms with Gasteiger partial charge in [0.2, 0.25) is 11.8 Å². The van der Waals surface area contributed by atoms with Crippen molar-refractivity contribution in [3.05, 3.63) is 34.9 Å². The predicted octanol–water partition coefficient (Wildman–Crippen LogP) is 1.49. The first-order chi connectivity index (χ1) is 10.7. The topological polar surface area (TPSA) is 87.3 Å². The van der Waals surface area contributed by atoms with Gasteiger partial charge in [0, 0.05) is 29.1 Å². The summed E-state index contributed by atoms with van der Waals surface area (Å²) >= 11 is 5.75. The van der Waals surface area contributed by atoms with Gasteiger partial charge in [-0.15, -0.1) is 0 Å². The molecule has 1 rings (SSSR count). The van der Waals surface area contributed by atoms with Crippen LogP contribution in [0.4, 0.5) is 0 Å². The Morgan fingerprint density at radius 1 is 1.00 bits per heavy atom.